The first-order valence-electron chi connectivity index (χ1n) is 10.0. The van der Waals surface area contributed by atoms with Crippen LogP contribution in [0.1, 0.15) is 31.9 Å². The second kappa shape index (κ2) is 8.80. The maximum absolute atomic E-state index is 13.4. The largest absolute Gasteiger partial charge is 0.508 e. The maximum atomic E-state index is 13.4. The molecule has 5 N–H and O–H groups in total. The molecule has 0 aliphatic heterocycles. The van der Waals surface area contributed by atoms with E-state index < -0.39 is 17.3 Å². The summed E-state index contributed by atoms with van der Waals surface area (Å²) in [5, 5.41) is 51.8. The number of hydrogen-bond donors (Lipinski definition) is 5. The van der Waals surface area contributed by atoms with Crippen molar-refractivity contribution in [1.29, 1.82) is 0 Å². The average molecular weight is 438 g/mol. The van der Waals surface area contributed by atoms with Crippen molar-refractivity contribution in [2.75, 3.05) is 0 Å². The van der Waals surface area contributed by atoms with Gasteiger partial charge in [-0.25, -0.2) is 0 Å². The lowest BCUT2D eigenvalue weighted by Gasteiger charge is -2.17. The molecule has 0 aliphatic rings. The Morgan fingerprint density at radius 3 is 2.34 bits per heavy atom. The van der Waals surface area contributed by atoms with E-state index in [0.717, 1.165) is 17.9 Å². The lowest BCUT2D eigenvalue weighted by Crippen LogP contribution is -2.14. The molecule has 32 heavy (non-hydrogen) atoms. The number of phenols is 4. The smallest absolute Gasteiger partial charge is 0.204 e. The van der Waals surface area contributed by atoms with Gasteiger partial charge in [0, 0.05) is 29.2 Å². The van der Waals surface area contributed by atoms with Crippen molar-refractivity contribution < 1.29 is 29.9 Å². The first-order valence-corrected chi connectivity index (χ1v) is 10.0. The molecule has 2 aromatic carbocycles. The van der Waals surface area contributed by atoms with Gasteiger partial charge in [-0.3, -0.25) is 4.79 Å². The summed E-state index contributed by atoms with van der Waals surface area (Å²) in [6.07, 6.45) is 1.97. The molecule has 0 saturated carbocycles. The summed E-state index contributed by atoms with van der Waals surface area (Å²) >= 11 is 0. The van der Waals surface area contributed by atoms with Gasteiger partial charge in [0.1, 0.15) is 40.2 Å². The van der Waals surface area contributed by atoms with Crippen LogP contribution in [-0.2, 0) is 12.8 Å². The second-order valence-corrected chi connectivity index (χ2v) is 8.09. The van der Waals surface area contributed by atoms with Crippen molar-refractivity contribution in [2.45, 2.75) is 39.7 Å². The molecule has 7 heteroatoms. The fraction of sp³-hybridized carbons (Fsp3) is 0.240. The monoisotopic (exact) mass is 438 g/mol. The molecule has 0 bridgehead atoms. The third kappa shape index (κ3) is 4.20. The normalized spacial score (nSPS) is 12.0. The summed E-state index contributed by atoms with van der Waals surface area (Å²) in [7, 11) is 0. The first kappa shape index (κ1) is 23.0. The van der Waals surface area contributed by atoms with Crippen LogP contribution in [0.4, 0.5) is 0 Å². The molecule has 0 saturated heterocycles. The molecule has 0 aliphatic carbocycles. The highest BCUT2D eigenvalue weighted by Crippen LogP contribution is 2.41. The molecule has 168 valence electrons. The molecular formula is C25H26O7. The van der Waals surface area contributed by atoms with Gasteiger partial charge in [0.2, 0.25) is 5.43 Å². The number of allylic oxidation sites excluding steroid dienone is 2. The van der Waals surface area contributed by atoms with Crippen LogP contribution in [0, 0.1) is 0 Å². The van der Waals surface area contributed by atoms with Gasteiger partial charge in [-0.15, -0.1) is 0 Å². The van der Waals surface area contributed by atoms with Gasteiger partial charge < -0.3 is 29.9 Å². The Morgan fingerprint density at radius 2 is 1.75 bits per heavy atom. The fourth-order valence-corrected chi connectivity index (χ4v) is 3.45. The molecule has 1 atom stereocenters. The van der Waals surface area contributed by atoms with Gasteiger partial charge in [0.15, 0.2) is 0 Å². The highest BCUT2D eigenvalue weighted by Gasteiger charge is 2.26. The van der Waals surface area contributed by atoms with E-state index in [9.17, 15) is 30.3 Å². The maximum Gasteiger partial charge on any atom is 0.204 e. The van der Waals surface area contributed by atoms with Crippen molar-refractivity contribution in [3.05, 3.63) is 69.6 Å². The van der Waals surface area contributed by atoms with E-state index in [1.165, 1.54) is 12.1 Å². The fourth-order valence-electron chi connectivity index (χ4n) is 3.45. The van der Waals surface area contributed by atoms with Gasteiger partial charge >= 0.3 is 0 Å². The van der Waals surface area contributed by atoms with E-state index in [-0.39, 0.29) is 63.3 Å². The molecule has 1 unspecified atom stereocenters. The summed E-state index contributed by atoms with van der Waals surface area (Å²) in [5.41, 5.74) is 1.09. The third-order valence-corrected chi connectivity index (χ3v) is 5.31. The quantitative estimate of drug-likeness (QED) is 0.363. The minimum absolute atomic E-state index is 0.0319. The number of hydrogen-bond acceptors (Lipinski definition) is 7. The Kier molecular flexibility index (Phi) is 6.32. The SMILES string of the molecule is C=C(C)C(O)Cc1c(O)c(CC=C(C)C)c(O)c2c(=O)c(-c3ccc(O)cc3O)coc12. The van der Waals surface area contributed by atoms with Crippen molar-refractivity contribution in [3.63, 3.8) is 0 Å². The Hall–Kier alpha value is -3.71. The van der Waals surface area contributed by atoms with E-state index in [0.29, 0.717) is 5.57 Å². The van der Waals surface area contributed by atoms with Crippen molar-refractivity contribution >= 4 is 11.0 Å². The zero-order valence-electron chi connectivity index (χ0n) is 18.1. The number of phenolic OH excluding ortho intramolecular Hbond substituents is 4. The van der Waals surface area contributed by atoms with Gasteiger partial charge in [-0.2, -0.15) is 0 Å². The molecule has 1 heterocycles. The Labute approximate surface area is 184 Å². The van der Waals surface area contributed by atoms with Crippen molar-refractivity contribution in [2.24, 2.45) is 0 Å². The van der Waals surface area contributed by atoms with Gasteiger partial charge in [0.25, 0.3) is 0 Å². The van der Waals surface area contributed by atoms with Crippen LogP contribution >= 0.6 is 0 Å². The summed E-state index contributed by atoms with van der Waals surface area (Å²) in [5.74, 6) is -1.21. The van der Waals surface area contributed by atoms with E-state index in [1.54, 1.807) is 13.0 Å². The molecular weight excluding hydrogens is 412 g/mol. The highest BCUT2D eigenvalue weighted by atomic mass is 16.3. The minimum atomic E-state index is -1.00. The van der Waals surface area contributed by atoms with Crippen LogP contribution in [0.2, 0.25) is 0 Å². The van der Waals surface area contributed by atoms with Gasteiger partial charge in [-0.1, -0.05) is 23.8 Å². The molecule has 0 fully saturated rings. The Morgan fingerprint density at radius 1 is 1.06 bits per heavy atom. The van der Waals surface area contributed by atoms with Crippen LogP contribution in [0.3, 0.4) is 0 Å². The first-order chi connectivity index (χ1) is 15.0. The molecule has 0 amide bonds. The number of fused-ring (bicyclic) bond motifs is 1. The van der Waals surface area contributed by atoms with E-state index in [1.807, 2.05) is 13.8 Å². The third-order valence-electron chi connectivity index (χ3n) is 5.31. The molecule has 0 radical (unpaired) electrons. The molecule has 3 aromatic rings. The lowest BCUT2D eigenvalue weighted by atomic mass is 9.93. The summed E-state index contributed by atoms with van der Waals surface area (Å²) < 4.78 is 5.67. The van der Waals surface area contributed by atoms with E-state index in [2.05, 4.69) is 6.58 Å². The number of aliphatic hydroxyl groups excluding tert-OH is 1. The van der Waals surface area contributed by atoms with Crippen LogP contribution in [-0.4, -0.2) is 31.6 Å². The van der Waals surface area contributed by atoms with Crippen LogP contribution < -0.4 is 5.43 Å². The van der Waals surface area contributed by atoms with Crippen LogP contribution in [0.15, 0.2) is 57.5 Å². The van der Waals surface area contributed by atoms with E-state index in [4.69, 9.17) is 4.42 Å². The minimum Gasteiger partial charge on any atom is -0.508 e. The Bertz CT molecular complexity index is 1290. The van der Waals surface area contributed by atoms with Crippen molar-refractivity contribution in [1.82, 2.24) is 0 Å². The van der Waals surface area contributed by atoms with Crippen molar-refractivity contribution in [3.8, 4) is 34.1 Å². The summed E-state index contributed by atoms with van der Waals surface area (Å²) in [4.78, 5) is 13.4. The Balaban J connectivity index is 2.38. The predicted molar refractivity (Wildman–Crippen MR) is 122 cm³/mol. The topological polar surface area (TPSA) is 131 Å². The van der Waals surface area contributed by atoms with Gasteiger partial charge in [0.05, 0.1) is 11.7 Å². The molecule has 3 rings (SSSR count). The zero-order chi connectivity index (χ0) is 23.7. The zero-order valence-corrected chi connectivity index (χ0v) is 18.1. The van der Waals surface area contributed by atoms with Crippen LogP contribution in [0.25, 0.3) is 22.1 Å². The second-order valence-electron chi connectivity index (χ2n) is 8.09. The predicted octanol–water partition coefficient (Wildman–Crippen LogP) is 4.27. The average Bonchev–Trinajstić information content (AvgIpc) is 2.71. The number of rotatable bonds is 6. The molecule has 0 spiro atoms. The van der Waals surface area contributed by atoms with Gasteiger partial charge in [-0.05, 0) is 39.3 Å². The number of aliphatic hydroxyl groups is 1. The lowest BCUT2D eigenvalue weighted by molar-refractivity contribution is 0.210. The number of aromatic hydroxyl groups is 4. The molecule has 7 nitrogen and oxygen atoms in total. The summed E-state index contributed by atoms with van der Waals surface area (Å²) in [6, 6.07) is 3.75. The standard InChI is InChI=1S/C25H26O7/c1-12(2)5-7-16-22(29)17(10-19(27)13(3)4)25-21(23(16)30)24(31)18(11-32-25)15-8-6-14(26)9-20(15)28/h5-6,8-9,11,19,26-30H,3,7,10H2,1-2,4H3. The molecule has 1 aromatic heterocycles. The highest BCUT2D eigenvalue weighted by molar-refractivity contribution is 5.93. The van der Waals surface area contributed by atoms with Crippen LogP contribution in [0.5, 0.6) is 23.0 Å². The number of benzene rings is 2. The van der Waals surface area contributed by atoms with E-state index >= 15 is 0 Å². The summed E-state index contributed by atoms with van der Waals surface area (Å²) in [6.45, 7) is 9.08.